The number of rotatable bonds is 4. The normalized spacial score (nSPS) is 15.7. The molecule has 3 rings (SSSR count). The largest absolute Gasteiger partial charge is 0.392 e. The zero-order valence-electron chi connectivity index (χ0n) is 14.4. The molecule has 1 saturated heterocycles. The van der Waals surface area contributed by atoms with E-state index in [4.69, 9.17) is 5.11 Å². The maximum atomic E-state index is 12.5. The van der Waals surface area contributed by atoms with Gasteiger partial charge in [-0.1, -0.05) is 24.3 Å². The van der Waals surface area contributed by atoms with Crippen LogP contribution in [0.25, 0.3) is 0 Å². The Bertz CT molecular complexity index is 678. The molecule has 1 aliphatic rings. The van der Waals surface area contributed by atoms with Crippen molar-refractivity contribution in [2.24, 2.45) is 13.0 Å². The molecule has 0 bridgehead atoms. The van der Waals surface area contributed by atoms with Crippen LogP contribution in [0.1, 0.15) is 40.2 Å². The lowest BCUT2D eigenvalue weighted by molar-refractivity contribution is 0.0684. The summed E-state index contributed by atoms with van der Waals surface area (Å²) < 4.78 is 1.75. The number of hydrogen-bond acceptors (Lipinski definition) is 3. The fraction of sp³-hybridized carbons (Fsp3) is 0.474. The molecule has 1 N–H and O–H groups in total. The second-order valence-electron chi connectivity index (χ2n) is 6.71. The van der Waals surface area contributed by atoms with Crippen LogP contribution in [0.15, 0.2) is 30.3 Å². The fourth-order valence-corrected chi connectivity index (χ4v) is 3.28. The highest BCUT2D eigenvalue weighted by Crippen LogP contribution is 2.23. The Labute approximate surface area is 142 Å². The molecular weight excluding hydrogens is 302 g/mol. The molecule has 0 spiro atoms. The molecule has 1 amide bonds. The zero-order valence-corrected chi connectivity index (χ0v) is 14.4. The topological polar surface area (TPSA) is 58.4 Å². The molecule has 0 atom stereocenters. The molecule has 0 unspecified atom stereocenters. The number of aromatic nitrogens is 2. The van der Waals surface area contributed by atoms with Crippen molar-refractivity contribution in [1.29, 1.82) is 0 Å². The van der Waals surface area contributed by atoms with Gasteiger partial charge in [-0.15, -0.1) is 0 Å². The van der Waals surface area contributed by atoms with Crippen LogP contribution in [0.4, 0.5) is 0 Å². The minimum Gasteiger partial charge on any atom is -0.392 e. The molecule has 2 heterocycles. The predicted octanol–water partition coefficient (Wildman–Crippen LogP) is 2.32. The lowest BCUT2D eigenvalue weighted by Gasteiger charge is -2.31. The molecule has 5 nitrogen and oxygen atoms in total. The number of aliphatic hydroxyl groups excluding tert-OH is 1. The van der Waals surface area contributed by atoms with Crippen molar-refractivity contribution in [3.05, 3.63) is 52.8 Å². The smallest absolute Gasteiger partial charge is 0.274 e. The van der Waals surface area contributed by atoms with Crippen LogP contribution in [0, 0.1) is 12.8 Å². The maximum absolute atomic E-state index is 12.5. The molecule has 0 aliphatic carbocycles. The van der Waals surface area contributed by atoms with Crippen LogP contribution in [0.5, 0.6) is 0 Å². The van der Waals surface area contributed by atoms with Crippen molar-refractivity contribution in [3.8, 4) is 0 Å². The molecule has 1 aromatic carbocycles. The van der Waals surface area contributed by atoms with E-state index in [0.29, 0.717) is 11.6 Å². The average Bonchev–Trinajstić information content (AvgIpc) is 2.95. The SMILES string of the molecule is Cc1cc(C(=O)N2CCC(Cc3ccc(CO)cc3)CC2)nn1C. The van der Waals surface area contributed by atoms with Crippen LogP contribution >= 0.6 is 0 Å². The fourth-order valence-electron chi connectivity index (χ4n) is 3.28. The highest BCUT2D eigenvalue weighted by Gasteiger charge is 2.25. The van der Waals surface area contributed by atoms with Crippen LogP contribution in [0.3, 0.4) is 0 Å². The molecule has 2 aromatic rings. The Morgan fingerprint density at radius 2 is 1.83 bits per heavy atom. The van der Waals surface area contributed by atoms with Gasteiger partial charge in [-0.3, -0.25) is 9.48 Å². The van der Waals surface area contributed by atoms with Crippen molar-refractivity contribution in [3.63, 3.8) is 0 Å². The Morgan fingerprint density at radius 1 is 1.21 bits per heavy atom. The summed E-state index contributed by atoms with van der Waals surface area (Å²) >= 11 is 0. The zero-order chi connectivity index (χ0) is 17.1. The van der Waals surface area contributed by atoms with Gasteiger partial charge in [0, 0.05) is 25.8 Å². The van der Waals surface area contributed by atoms with E-state index in [2.05, 4.69) is 17.2 Å². The lowest BCUT2D eigenvalue weighted by atomic mass is 9.90. The first kappa shape index (κ1) is 16.7. The molecule has 1 aliphatic heterocycles. The van der Waals surface area contributed by atoms with Crippen molar-refractivity contribution in [1.82, 2.24) is 14.7 Å². The monoisotopic (exact) mass is 327 g/mol. The number of amides is 1. The minimum absolute atomic E-state index is 0.0458. The second-order valence-corrected chi connectivity index (χ2v) is 6.71. The van der Waals surface area contributed by atoms with E-state index in [9.17, 15) is 4.79 Å². The van der Waals surface area contributed by atoms with Gasteiger partial charge in [-0.2, -0.15) is 5.10 Å². The van der Waals surface area contributed by atoms with E-state index >= 15 is 0 Å². The van der Waals surface area contributed by atoms with Gasteiger partial charge in [0.25, 0.3) is 5.91 Å². The highest BCUT2D eigenvalue weighted by atomic mass is 16.3. The first-order chi connectivity index (χ1) is 11.6. The van der Waals surface area contributed by atoms with E-state index in [1.807, 2.05) is 37.1 Å². The molecule has 128 valence electrons. The van der Waals surface area contributed by atoms with Gasteiger partial charge in [0.2, 0.25) is 0 Å². The summed E-state index contributed by atoms with van der Waals surface area (Å²) in [6, 6.07) is 10.0. The Morgan fingerprint density at radius 3 is 2.38 bits per heavy atom. The first-order valence-corrected chi connectivity index (χ1v) is 8.55. The molecule has 1 fully saturated rings. The molecule has 1 aromatic heterocycles. The van der Waals surface area contributed by atoms with E-state index in [1.54, 1.807) is 4.68 Å². The summed E-state index contributed by atoms with van der Waals surface area (Å²) in [6.07, 6.45) is 3.09. The number of hydrogen-bond donors (Lipinski definition) is 1. The van der Waals surface area contributed by atoms with Gasteiger partial charge < -0.3 is 10.0 Å². The summed E-state index contributed by atoms with van der Waals surface area (Å²) in [6.45, 7) is 3.65. The summed E-state index contributed by atoms with van der Waals surface area (Å²) in [5.74, 6) is 0.656. The third-order valence-electron chi connectivity index (χ3n) is 4.96. The maximum Gasteiger partial charge on any atom is 0.274 e. The van der Waals surface area contributed by atoms with Crippen LogP contribution < -0.4 is 0 Å². The van der Waals surface area contributed by atoms with Crippen LogP contribution in [-0.2, 0) is 20.1 Å². The quantitative estimate of drug-likeness (QED) is 0.937. The lowest BCUT2D eigenvalue weighted by Crippen LogP contribution is -2.39. The molecule has 0 radical (unpaired) electrons. The highest BCUT2D eigenvalue weighted by molar-refractivity contribution is 5.92. The van der Waals surface area contributed by atoms with Gasteiger partial charge >= 0.3 is 0 Å². The first-order valence-electron chi connectivity index (χ1n) is 8.55. The van der Waals surface area contributed by atoms with Crippen molar-refractivity contribution >= 4 is 5.91 Å². The second kappa shape index (κ2) is 7.18. The van der Waals surface area contributed by atoms with E-state index in [-0.39, 0.29) is 12.5 Å². The van der Waals surface area contributed by atoms with Gasteiger partial charge in [0.05, 0.1) is 6.61 Å². The van der Waals surface area contributed by atoms with Gasteiger partial charge in [0.15, 0.2) is 5.69 Å². The Hall–Kier alpha value is -2.14. The van der Waals surface area contributed by atoms with Gasteiger partial charge in [-0.05, 0) is 49.3 Å². The number of nitrogens with zero attached hydrogens (tertiary/aromatic N) is 3. The molecule has 5 heteroatoms. The van der Waals surface area contributed by atoms with E-state index in [1.165, 1.54) is 5.56 Å². The standard InChI is InChI=1S/C19H25N3O2/c1-14-11-18(20-21(14)2)19(24)22-9-7-16(8-10-22)12-15-3-5-17(13-23)6-4-15/h3-6,11,16,23H,7-10,12-13H2,1-2H3. The van der Waals surface area contributed by atoms with Gasteiger partial charge in [0.1, 0.15) is 0 Å². The number of aryl methyl sites for hydroxylation is 2. The number of benzene rings is 1. The number of carbonyl (C=O) groups is 1. The van der Waals surface area contributed by atoms with Gasteiger partial charge in [-0.25, -0.2) is 0 Å². The summed E-state index contributed by atoms with van der Waals surface area (Å²) in [4.78, 5) is 14.5. The molecule has 24 heavy (non-hydrogen) atoms. The van der Waals surface area contributed by atoms with E-state index in [0.717, 1.165) is 43.6 Å². The van der Waals surface area contributed by atoms with E-state index < -0.39 is 0 Å². The van der Waals surface area contributed by atoms with Crippen molar-refractivity contribution < 1.29 is 9.90 Å². The molecule has 0 saturated carbocycles. The number of carbonyl (C=O) groups excluding carboxylic acids is 1. The number of aliphatic hydroxyl groups is 1. The summed E-state index contributed by atoms with van der Waals surface area (Å²) in [5.41, 5.74) is 3.80. The Balaban J connectivity index is 1.54. The van der Waals surface area contributed by atoms with Crippen LogP contribution in [-0.4, -0.2) is 38.8 Å². The van der Waals surface area contributed by atoms with Crippen LogP contribution in [0.2, 0.25) is 0 Å². The summed E-state index contributed by atoms with van der Waals surface area (Å²) in [5, 5.41) is 13.4. The minimum atomic E-state index is 0.0458. The Kier molecular flexibility index (Phi) is 5.00. The third kappa shape index (κ3) is 3.67. The number of piperidine rings is 1. The van der Waals surface area contributed by atoms with Crippen molar-refractivity contribution in [2.45, 2.75) is 32.8 Å². The number of likely N-dealkylation sites (tertiary alicyclic amines) is 1. The van der Waals surface area contributed by atoms with Crippen molar-refractivity contribution in [2.75, 3.05) is 13.1 Å². The average molecular weight is 327 g/mol. The molecular formula is C19H25N3O2. The third-order valence-corrected chi connectivity index (χ3v) is 4.96. The predicted molar refractivity (Wildman–Crippen MR) is 92.6 cm³/mol. The summed E-state index contributed by atoms with van der Waals surface area (Å²) in [7, 11) is 1.86.